The number of fused-ring (bicyclic) bond motifs is 2. The average molecular weight is 364 g/mol. The summed E-state index contributed by atoms with van der Waals surface area (Å²) >= 11 is 0. The van der Waals surface area contributed by atoms with Crippen molar-refractivity contribution in [2.24, 2.45) is 0 Å². The van der Waals surface area contributed by atoms with Gasteiger partial charge in [-0.05, 0) is 31.9 Å². The lowest BCUT2D eigenvalue weighted by molar-refractivity contribution is -0.383. The molecule has 0 bridgehead atoms. The summed E-state index contributed by atoms with van der Waals surface area (Å²) in [6, 6.07) is 13.3. The number of hydrogen-bond acceptors (Lipinski definition) is 5. The van der Waals surface area contributed by atoms with E-state index in [1.54, 1.807) is 12.1 Å². The van der Waals surface area contributed by atoms with Crippen molar-refractivity contribution in [1.82, 2.24) is 10.3 Å². The van der Waals surface area contributed by atoms with Crippen molar-refractivity contribution in [2.45, 2.75) is 51.2 Å². The molecule has 4 rings (SSSR count). The van der Waals surface area contributed by atoms with Crippen LogP contribution in [0.5, 0.6) is 0 Å². The van der Waals surface area contributed by atoms with Crippen LogP contribution in [0.3, 0.4) is 0 Å². The number of aromatic nitrogens is 1. The second-order valence-electron chi connectivity index (χ2n) is 7.30. The quantitative estimate of drug-likeness (QED) is 0.289. The number of nitrogens with one attached hydrogen (secondary N) is 2. The Hall–Kier alpha value is -2.73. The van der Waals surface area contributed by atoms with Gasteiger partial charge in [0, 0.05) is 17.5 Å². The van der Waals surface area contributed by atoms with Crippen molar-refractivity contribution in [1.29, 1.82) is 0 Å². The van der Waals surface area contributed by atoms with Gasteiger partial charge >= 0.3 is 0 Å². The largest absolute Gasteiger partial charge is 0.369 e. The molecule has 27 heavy (non-hydrogen) atoms. The third-order valence-electron chi connectivity index (χ3n) is 5.33. The standard InChI is InChI=1S/C21H24N4O2/c1-14(22-15-8-3-2-4-9-15)23-21-16-10-5-6-11-17(16)24-18-12-7-13-19(20(18)21)25(26)27/h5-7,10-15,22H,2-4,8-9H2,1H3,(H,23,24). The SMILES string of the molecule is CC(Nc1c2ccccc2nc2cccc([N+](=O)[O-])c12)NC1CCCCC1. The molecule has 3 aromatic rings. The highest BCUT2D eigenvalue weighted by Crippen LogP contribution is 2.36. The predicted octanol–water partition coefficient (Wildman–Crippen LogP) is 4.98. The lowest BCUT2D eigenvalue weighted by atomic mass is 9.95. The number of anilines is 1. The smallest absolute Gasteiger partial charge is 0.280 e. The summed E-state index contributed by atoms with van der Waals surface area (Å²) in [6.45, 7) is 2.07. The van der Waals surface area contributed by atoms with Crippen molar-refractivity contribution in [3.63, 3.8) is 0 Å². The number of hydrogen-bond donors (Lipinski definition) is 2. The molecule has 1 atom stereocenters. The molecule has 2 N–H and O–H groups in total. The average Bonchev–Trinajstić information content (AvgIpc) is 2.68. The minimum atomic E-state index is -0.330. The molecule has 6 heteroatoms. The van der Waals surface area contributed by atoms with Gasteiger partial charge < -0.3 is 5.32 Å². The van der Waals surface area contributed by atoms with Gasteiger partial charge in [0.25, 0.3) is 5.69 Å². The molecule has 1 aliphatic rings. The van der Waals surface area contributed by atoms with Crippen LogP contribution in [0.1, 0.15) is 39.0 Å². The normalized spacial score (nSPS) is 16.5. The van der Waals surface area contributed by atoms with Crippen LogP contribution < -0.4 is 10.6 Å². The minimum absolute atomic E-state index is 0.00177. The second kappa shape index (κ2) is 7.48. The molecule has 0 saturated heterocycles. The molecule has 2 aromatic carbocycles. The lowest BCUT2D eigenvalue weighted by Gasteiger charge is -2.28. The van der Waals surface area contributed by atoms with Gasteiger partial charge in [0.2, 0.25) is 0 Å². The molecular formula is C21H24N4O2. The summed E-state index contributed by atoms with van der Waals surface area (Å²) in [5.41, 5.74) is 2.32. The number of rotatable bonds is 5. The minimum Gasteiger partial charge on any atom is -0.369 e. The number of nitro benzene ring substituents is 1. The van der Waals surface area contributed by atoms with Crippen molar-refractivity contribution in [3.05, 3.63) is 52.6 Å². The van der Waals surface area contributed by atoms with Gasteiger partial charge in [-0.25, -0.2) is 4.98 Å². The Balaban J connectivity index is 1.79. The van der Waals surface area contributed by atoms with Gasteiger partial charge in [0.1, 0.15) is 5.39 Å². The van der Waals surface area contributed by atoms with Crippen molar-refractivity contribution < 1.29 is 4.92 Å². The Kier molecular flexibility index (Phi) is 4.90. The topological polar surface area (TPSA) is 80.1 Å². The molecule has 140 valence electrons. The third-order valence-corrected chi connectivity index (χ3v) is 5.33. The summed E-state index contributed by atoms with van der Waals surface area (Å²) in [5.74, 6) is 0. The van der Waals surface area contributed by atoms with Crippen LogP contribution in [-0.4, -0.2) is 22.1 Å². The number of pyridine rings is 1. The zero-order valence-corrected chi connectivity index (χ0v) is 15.4. The van der Waals surface area contributed by atoms with Crippen LogP contribution in [0.15, 0.2) is 42.5 Å². The molecule has 6 nitrogen and oxygen atoms in total. The van der Waals surface area contributed by atoms with E-state index in [-0.39, 0.29) is 16.8 Å². The molecule has 1 saturated carbocycles. The van der Waals surface area contributed by atoms with E-state index < -0.39 is 0 Å². The Morgan fingerprint density at radius 3 is 2.59 bits per heavy atom. The van der Waals surface area contributed by atoms with Crippen molar-refractivity contribution >= 4 is 33.2 Å². The van der Waals surface area contributed by atoms with Gasteiger partial charge in [-0.15, -0.1) is 0 Å². The summed E-state index contributed by atoms with van der Waals surface area (Å²) in [5, 5.41) is 20.3. The first-order valence-corrected chi connectivity index (χ1v) is 9.62. The third kappa shape index (κ3) is 3.57. The fourth-order valence-corrected chi connectivity index (χ4v) is 4.11. The highest BCUT2D eigenvalue weighted by Gasteiger charge is 2.21. The fourth-order valence-electron chi connectivity index (χ4n) is 4.11. The van der Waals surface area contributed by atoms with Crippen LogP contribution in [0.2, 0.25) is 0 Å². The van der Waals surface area contributed by atoms with Gasteiger partial charge in [0.05, 0.1) is 27.8 Å². The summed E-state index contributed by atoms with van der Waals surface area (Å²) < 4.78 is 0. The maximum absolute atomic E-state index is 11.6. The van der Waals surface area contributed by atoms with Gasteiger partial charge in [0.15, 0.2) is 0 Å². The van der Waals surface area contributed by atoms with Crippen LogP contribution >= 0.6 is 0 Å². The van der Waals surface area contributed by atoms with Crippen LogP contribution in [-0.2, 0) is 0 Å². The number of benzene rings is 2. The molecule has 0 radical (unpaired) electrons. The van der Waals surface area contributed by atoms with E-state index in [9.17, 15) is 10.1 Å². The Bertz CT molecular complexity index is 982. The molecule has 1 fully saturated rings. The first kappa shape index (κ1) is 17.7. The molecule has 0 amide bonds. The highest BCUT2D eigenvalue weighted by atomic mass is 16.6. The van der Waals surface area contributed by atoms with Crippen LogP contribution in [0.25, 0.3) is 21.8 Å². The predicted molar refractivity (Wildman–Crippen MR) is 109 cm³/mol. The van der Waals surface area contributed by atoms with E-state index >= 15 is 0 Å². The zero-order valence-electron chi connectivity index (χ0n) is 15.4. The molecular weight excluding hydrogens is 340 g/mol. The fraction of sp³-hybridized carbons (Fsp3) is 0.381. The van der Waals surface area contributed by atoms with E-state index in [1.807, 2.05) is 30.3 Å². The Morgan fingerprint density at radius 1 is 1.07 bits per heavy atom. The zero-order chi connectivity index (χ0) is 18.8. The number of nitrogens with zero attached hydrogens (tertiary/aromatic N) is 2. The Morgan fingerprint density at radius 2 is 1.81 bits per heavy atom. The monoisotopic (exact) mass is 364 g/mol. The Labute approximate surface area is 158 Å². The molecule has 1 aromatic heterocycles. The maximum Gasteiger partial charge on any atom is 0.280 e. The maximum atomic E-state index is 11.6. The summed E-state index contributed by atoms with van der Waals surface area (Å²) in [4.78, 5) is 15.9. The number of non-ortho nitro benzene ring substituents is 1. The number of para-hydroxylation sites is 1. The summed E-state index contributed by atoms with van der Waals surface area (Å²) in [6.07, 6.45) is 6.20. The highest BCUT2D eigenvalue weighted by molar-refractivity contribution is 6.11. The number of nitro groups is 1. The van der Waals surface area contributed by atoms with Crippen LogP contribution in [0, 0.1) is 10.1 Å². The first-order chi connectivity index (χ1) is 13.1. The molecule has 0 aliphatic heterocycles. The van der Waals surface area contributed by atoms with Gasteiger partial charge in [-0.1, -0.05) is 43.5 Å². The van der Waals surface area contributed by atoms with E-state index in [2.05, 4.69) is 22.5 Å². The van der Waals surface area contributed by atoms with E-state index in [0.29, 0.717) is 16.9 Å². The van der Waals surface area contributed by atoms with E-state index in [4.69, 9.17) is 0 Å². The molecule has 1 unspecified atom stereocenters. The van der Waals surface area contributed by atoms with Crippen LogP contribution in [0.4, 0.5) is 11.4 Å². The van der Waals surface area contributed by atoms with Crippen molar-refractivity contribution in [3.8, 4) is 0 Å². The first-order valence-electron chi connectivity index (χ1n) is 9.62. The van der Waals surface area contributed by atoms with E-state index in [0.717, 1.165) is 16.6 Å². The van der Waals surface area contributed by atoms with Gasteiger partial charge in [-0.3, -0.25) is 15.4 Å². The van der Waals surface area contributed by atoms with Crippen molar-refractivity contribution in [2.75, 3.05) is 5.32 Å². The van der Waals surface area contributed by atoms with E-state index in [1.165, 1.54) is 32.1 Å². The molecule has 0 spiro atoms. The molecule has 1 heterocycles. The summed E-state index contributed by atoms with van der Waals surface area (Å²) in [7, 11) is 0. The molecule has 1 aliphatic carbocycles. The lowest BCUT2D eigenvalue weighted by Crippen LogP contribution is -2.42. The second-order valence-corrected chi connectivity index (χ2v) is 7.30. The van der Waals surface area contributed by atoms with Gasteiger partial charge in [-0.2, -0.15) is 0 Å².